The molecule has 1 aromatic heterocycles. The van der Waals surface area contributed by atoms with Gasteiger partial charge in [-0.3, -0.25) is 4.98 Å². The van der Waals surface area contributed by atoms with Gasteiger partial charge in [-0.25, -0.2) is 0 Å². The van der Waals surface area contributed by atoms with Crippen LogP contribution in [0.4, 0.5) is 5.69 Å². The van der Waals surface area contributed by atoms with Crippen LogP contribution in [0.2, 0.25) is 0 Å². The fourth-order valence-corrected chi connectivity index (χ4v) is 3.06. The van der Waals surface area contributed by atoms with E-state index in [9.17, 15) is 0 Å². The van der Waals surface area contributed by atoms with E-state index in [1.807, 2.05) is 6.20 Å². The molecule has 3 aromatic rings. The van der Waals surface area contributed by atoms with Gasteiger partial charge in [0.15, 0.2) is 0 Å². The van der Waals surface area contributed by atoms with Crippen molar-refractivity contribution in [1.82, 2.24) is 4.98 Å². The Hall–Kier alpha value is -1.88. The second kappa shape index (κ2) is 6.71. The SMILES string of the molecule is Cc1cnc2ccc(I)cc2c1/C=C\c1ccc(N(C)C)cc1. The van der Waals surface area contributed by atoms with E-state index in [2.05, 4.69) is 108 Å². The number of anilines is 1. The van der Waals surface area contributed by atoms with E-state index in [0.29, 0.717) is 0 Å². The smallest absolute Gasteiger partial charge is 0.0708 e. The summed E-state index contributed by atoms with van der Waals surface area (Å²) in [6.45, 7) is 2.11. The maximum absolute atomic E-state index is 4.53. The number of aromatic nitrogens is 1. The minimum atomic E-state index is 1.04. The van der Waals surface area contributed by atoms with E-state index in [1.165, 1.54) is 31.3 Å². The number of rotatable bonds is 3. The summed E-state index contributed by atoms with van der Waals surface area (Å²) in [5, 5.41) is 1.21. The minimum absolute atomic E-state index is 1.04. The van der Waals surface area contributed by atoms with Crippen LogP contribution in [0.25, 0.3) is 23.1 Å². The number of benzene rings is 2. The molecular formula is C20H19IN2. The highest BCUT2D eigenvalue weighted by Gasteiger charge is 2.04. The van der Waals surface area contributed by atoms with Crippen LogP contribution in [0.3, 0.4) is 0 Å². The average molecular weight is 414 g/mol. The van der Waals surface area contributed by atoms with Crippen molar-refractivity contribution in [3.05, 3.63) is 68.9 Å². The van der Waals surface area contributed by atoms with Gasteiger partial charge in [0.2, 0.25) is 0 Å². The highest BCUT2D eigenvalue weighted by molar-refractivity contribution is 14.1. The highest BCUT2D eigenvalue weighted by atomic mass is 127. The van der Waals surface area contributed by atoms with Gasteiger partial charge in [0.05, 0.1) is 5.52 Å². The van der Waals surface area contributed by atoms with Crippen LogP contribution < -0.4 is 4.90 Å². The standard InChI is InChI=1S/C20H19IN2/c1-14-13-22-20-11-7-16(21)12-19(20)18(14)10-6-15-4-8-17(9-5-15)23(2)3/h4-13H,1-3H3/b10-6-. The number of hydrogen-bond donors (Lipinski definition) is 0. The Labute approximate surface area is 151 Å². The van der Waals surface area contributed by atoms with E-state index < -0.39 is 0 Å². The first-order valence-electron chi connectivity index (χ1n) is 7.55. The largest absolute Gasteiger partial charge is 0.378 e. The summed E-state index contributed by atoms with van der Waals surface area (Å²) in [6.07, 6.45) is 6.31. The summed E-state index contributed by atoms with van der Waals surface area (Å²) in [5.74, 6) is 0. The van der Waals surface area contributed by atoms with Crippen LogP contribution in [0.5, 0.6) is 0 Å². The third-order valence-corrected chi connectivity index (χ3v) is 4.59. The molecule has 2 aromatic carbocycles. The third kappa shape index (κ3) is 3.55. The summed E-state index contributed by atoms with van der Waals surface area (Å²) in [4.78, 5) is 6.63. The molecule has 0 saturated heterocycles. The molecule has 3 rings (SSSR count). The second-order valence-corrected chi connectivity index (χ2v) is 7.08. The summed E-state index contributed by atoms with van der Waals surface area (Å²) in [5.41, 5.74) is 5.89. The van der Waals surface area contributed by atoms with Gasteiger partial charge in [-0.2, -0.15) is 0 Å². The van der Waals surface area contributed by atoms with Crippen LogP contribution >= 0.6 is 22.6 Å². The average Bonchev–Trinajstić information content (AvgIpc) is 2.54. The molecule has 0 aliphatic rings. The van der Waals surface area contributed by atoms with Crippen molar-refractivity contribution >= 4 is 51.3 Å². The Kier molecular flexibility index (Phi) is 4.66. The van der Waals surface area contributed by atoms with Gasteiger partial charge < -0.3 is 4.90 Å². The number of halogens is 1. The fourth-order valence-electron chi connectivity index (χ4n) is 2.57. The zero-order valence-electron chi connectivity index (χ0n) is 13.5. The molecule has 0 radical (unpaired) electrons. The lowest BCUT2D eigenvalue weighted by atomic mass is 10.0. The molecule has 1 heterocycles. The monoisotopic (exact) mass is 414 g/mol. The molecule has 0 spiro atoms. The molecule has 2 nitrogen and oxygen atoms in total. The molecule has 0 bridgehead atoms. The van der Waals surface area contributed by atoms with Crippen LogP contribution in [0.1, 0.15) is 16.7 Å². The molecule has 116 valence electrons. The zero-order chi connectivity index (χ0) is 16.4. The minimum Gasteiger partial charge on any atom is -0.378 e. The number of aryl methyl sites for hydroxylation is 1. The summed E-state index contributed by atoms with van der Waals surface area (Å²) < 4.78 is 1.23. The summed E-state index contributed by atoms with van der Waals surface area (Å²) in [7, 11) is 4.11. The van der Waals surface area contributed by atoms with E-state index in [1.54, 1.807) is 0 Å². The van der Waals surface area contributed by atoms with Crippen molar-refractivity contribution < 1.29 is 0 Å². The lowest BCUT2D eigenvalue weighted by molar-refractivity contribution is 1.13. The van der Waals surface area contributed by atoms with Gasteiger partial charge in [-0.05, 0) is 76.5 Å². The first-order valence-corrected chi connectivity index (χ1v) is 8.63. The normalized spacial score (nSPS) is 11.3. The first-order chi connectivity index (χ1) is 11.0. The maximum Gasteiger partial charge on any atom is 0.0708 e. The topological polar surface area (TPSA) is 16.1 Å². The number of nitrogens with zero attached hydrogens (tertiary/aromatic N) is 2. The zero-order valence-corrected chi connectivity index (χ0v) is 15.7. The van der Waals surface area contributed by atoms with Gasteiger partial charge in [0.1, 0.15) is 0 Å². The molecule has 0 unspecified atom stereocenters. The van der Waals surface area contributed by atoms with E-state index >= 15 is 0 Å². The van der Waals surface area contributed by atoms with E-state index in [-0.39, 0.29) is 0 Å². The van der Waals surface area contributed by atoms with Gasteiger partial charge >= 0.3 is 0 Å². The number of pyridine rings is 1. The summed E-state index contributed by atoms with van der Waals surface area (Å²) >= 11 is 2.35. The predicted octanol–water partition coefficient (Wildman–Crippen LogP) is 5.38. The fraction of sp³-hybridized carbons (Fsp3) is 0.150. The van der Waals surface area contributed by atoms with Gasteiger partial charge in [-0.15, -0.1) is 0 Å². The Morgan fingerprint density at radius 1 is 1.00 bits per heavy atom. The molecule has 0 saturated carbocycles. The van der Waals surface area contributed by atoms with E-state index in [0.717, 1.165) is 5.52 Å². The predicted molar refractivity (Wildman–Crippen MR) is 109 cm³/mol. The van der Waals surface area contributed by atoms with Crippen molar-refractivity contribution in [2.24, 2.45) is 0 Å². The van der Waals surface area contributed by atoms with Crippen LogP contribution in [0.15, 0.2) is 48.7 Å². The Bertz CT molecular complexity index is 859. The maximum atomic E-state index is 4.53. The van der Waals surface area contributed by atoms with Crippen molar-refractivity contribution in [3.8, 4) is 0 Å². The van der Waals surface area contributed by atoms with Crippen LogP contribution in [0, 0.1) is 10.5 Å². The molecule has 23 heavy (non-hydrogen) atoms. The van der Waals surface area contributed by atoms with Crippen LogP contribution in [-0.2, 0) is 0 Å². The number of fused-ring (bicyclic) bond motifs is 1. The van der Waals surface area contributed by atoms with Gasteiger partial charge in [0, 0.05) is 34.9 Å². The third-order valence-electron chi connectivity index (χ3n) is 3.92. The molecular weight excluding hydrogens is 395 g/mol. The van der Waals surface area contributed by atoms with Gasteiger partial charge in [0.25, 0.3) is 0 Å². The Morgan fingerprint density at radius 2 is 1.74 bits per heavy atom. The highest BCUT2D eigenvalue weighted by Crippen LogP contribution is 2.24. The molecule has 0 aliphatic carbocycles. The Morgan fingerprint density at radius 3 is 2.43 bits per heavy atom. The van der Waals surface area contributed by atoms with Crippen molar-refractivity contribution in [2.45, 2.75) is 6.92 Å². The molecule has 0 fully saturated rings. The Balaban J connectivity index is 2.00. The second-order valence-electron chi connectivity index (χ2n) is 5.84. The number of hydrogen-bond acceptors (Lipinski definition) is 2. The van der Waals surface area contributed by atoms with Crippen molar-refractivity contribution in [3.63, 3.8) is 0 Å². The molecule has 0 N–H and O–H groups in total. The van der Waals surface area contributed by atoms with Crippen LogP contribution in [-0.4, -0.2) is 19.1 Å². The lowest BCUT2D eigenvalue weighted by Crippen LogP contribution is -2.07. The lowest BCUT2D eigenvalue weighted by Gasteiger charge is -2.12. The molecule has 0 atom stereocenters. The molecule has 0 amide bonds. The first kappa shape index (κ1) is 16.0. The quantitative estimate of drug-likeness (QED) is 0.535. The van der Waals surface area contributed by atoms with Crippen molar-refractivity contribution in [2.75, 3.05) is 19.0 Å². The van der Waals surface area contributed by atoms with Crippen molar-refractivity contribution in [1.29, 1.82) is 0 Å². The van der Waals surface area contributed by atoms with E-state index in [4.69, 9.17) is 0 Å². The molecule has 0 aliphatic heterocycles. The molecule has 3 heteroatoms. The summed E-state index contributed by atoms with van der Waals surface area (Å²) in [6, 6.07) is 15.0. The van der Waals surface area contributed by atoms with Gasteiger partial charge in [-0.1, -0.05) is 24.3 Å².